The molecule has 1 atom stereocenters. The van der Waals surface area contributed by atoms with Crippen LogP contribution in [0.15, 0.2) is 12.1 Å². The lowest BCUT2D eigenvalue weighted by Gasteiger charge is -2.28. The van der Waals surface area contributed by atoms with E-state index in [0.29, 0.717) is 22.4 Å². The lowest BCUT2D eigenvalue weighted by Crippen LogP contribution is -2.23. The molecule has 0 amide bonds. The average molecular weight is 284 g/mol. The highest BCUT2D eigenvalue weighted by Gasteiger charge is 2.23. The Hall–Kier alpha value is -0.930. The van der Waals surface area contributed by atoms with Crippen molar-refractivity contribution in [3.63, 3.8) is 0 Å². The molecular formula is C15H22ClNO2. The molecule has 1 aromatic carbocycles. The number of ether oxygens (including phenoxy) is 2. The van der Waals surface area contributed by atoms with Crippen LogP contribution in [0.4, 0.5) is 0 Å². The van der Waals surface area contributed by atoms with Crippen molar-refractivity contribution in [2.45, 2.75) is 38.1 Å². The highest BCUT2D eigenvalue weighted by molar-refractivity contribution is 6.32. The summed E-state index contributed by atoms with van der Waals surface area (Å²) in [5.41, 5.74) is 7.44. The van der Waals surface area contributed by atoms with Gasteiger partial charge in [-0.15, -0.1) is 0 Å². The molecular weight excluding hydrogens is 262 g/mol. The Morgan fingerprint density at radius 3 is 2.42 bits per heavy atom. The summed E-state index contributed by atoms with van der Waals surface area (Å²) in [6.45, 7) is 0. The first-order chi connectivity index (χ1) is 9.17. The van der Waals surface area contributed by atoms with Crippen LogP contribution in [0.2, 0.25) is 5.02 Å². The molecule has 0 radical (unpaired) electrons. The smallest absolute Gasteiger partial charge is 0.179 e. The Balaban J connectivity index is 2.26. The molecule has 0 saturated heterocycles. The molecule has 1 unspecified atom stereocenters. The Bertz CT molecular complexity index is 430. The summed E-state index contributed by atoms with van der Waals surface area (Å²) in [4.78, 5) is 0. The Morgan fingerprint density at radius 2 is 1.84 bits per heavy atom. The molecule has 2 rings (SSSR count). The molecule has 4 heteroatoms. The van der Waals surface area contributed by atoms with Gasteiger partial charge in [-0.1, -0.05) is 30.9 Å². The summed E-state index contributed by atoms with van der Waals surface area (Å²) < 4.78 is 10.6. The quantitative estimate of drug-likeness (QED) is 0.910. The van der Waals surface area contributed by atoms with Gasteiger partial charge in [0, 0.05) is 6.04 Å². The van der Waals surface area contributed by atoms with Gasteiger partial charge in [-0.05, 0) is 36.5 Å². The minimum atomic E-state index is 0.0256. The molecule has 0 aliphatic heterocycles. The second kappa shape index (κ2) is 6.49. The Kier molecular flexibility index (Phi) is 4.94. The van der Waals surface area contributed by atoms with E-state index in [1.54, 1.807) is 14.2 Å². The van der Waals surface area contributed by atoms with Crippen LogP contribution in [0.5, 0.6) is 11.5 Å². The second-order valence-electron chi connectivity index (χ2n) is 5.16. The molecule has 3 nitrogen and oxygen atoms in total. The van der Waals surface area contributed by atoms with E-state index >= 15 is 0 Å². The van der Waals surface area contributed by atoms with Gasteiger partial charge in [0.05, 0.1) is 19.2 Å². The molecule has 19 heavy (non-hydrogen) atoms. The largest absolute Gasteiger partial charge is 0.493 e. The summed E-state index contributed by atoms with van der Waals surface area (Å²) >= 11 is 6.24. The van der Waals surface area contributed by atoms with Gasteiger partial charge in [-0.2, -0.15) is 0 Å². The molecule has 106 valence electrons. The van der Waals surface area contributed by atoms with Gasteiger partial charge in [-0.25, -0.2) is 0 Å². The van der Waals surface area contributed by atoms with Gasteiger partial charge in [0.25, 0.3) is 0 Å². The third kappa shape index (κ3) is 3.15. The molecule has 1 saturated carbocycles. The van der Waals surface area contributed by atoms with Crippen LogP contribution in [0.3, 0.4) is 0 Å². The molecule has 1 fully saturated rings. The van der Waals surface area contributed by atoms with Crippen molar-refractivity contribution in [1.29, 1.82) is 0 Å². The first kappa shape index (κ1) is 14.5. The molecule has 0 aromatic heterocycles. The lowest BCUT2D eigenvalue weighted by molar-refractivity contribution is 0.306. The fraction of sp³-hybridized carbons (Fsp3) is 0.600. The summed E-state index contributed by atoms with van der Waals surface area (Å²) in [7, 11) is 3.20. The van der Waals surface area contributed by atoms with Gasteiger partial charge in [-0.3, -0.25) is 0 Å². The van der Waals surface area contributed by atoms with Crippen molar-refractivity contribution in [2.75, 3.05) is 14.2 Å². The van der Waals surface area contributed by atoms with E-state index in [0.717, 1.165) is 5.56 Å². The molecule has 0 spiro atoms. The number of methoxy groups -OCH3 is 2. The summed E-state index contributed by atoms with van der Waals surface area (Å²) in [5, 5.41) is 0.558. The third-order valence-electron chi connectivity index (χ3n) is 4.00. The van der Waals surface area contributed by atoms with Gasteiger partial charge in [0.2, 0.25) is 0 Å². The standard InChI is InChI=1S/C15H22ClNO2/c1-18-13-9-11(8-12(16)15(13)19-2)14(17)10-6-4-3-5-7-10/h8-10,14H,3-7,17H2,1-2H3. The van der Waals surface area contributed by atoms with Crippen molar-refractivity contribution >= 4 is 11.6 Å². The molecule has 2 N–H and O–H groups in total. The van der Waals surface area contributed by atoms with Crippen LogP contribution in [-0.2, 0) is 0 Å². The highest BCUT2D eigenvalue weighted by atomic mass is 35.5. The van der Waals surface area contributed by atoms with E-state index in [4.69, 9.17) is 26.8 Å². The van der Waals surface area contributed by atoms with E-state index in [1.165, 1.54) is 32.1 Å². The van der Waals surface area contributed by atoms with E-state index < -0.39 is 0 Å². The van der Waals surface area contributed by atoms with Crippen LogP contribution in [-0.4, -0.2) is 14.2 Å². The van der Waals surface area contributed by atoms with Gasteiger partial charge < -0.3 is 15.2 Å². The number of benzene rings is 1. The normalized spacial score (nSPS) is 18.1. The van der Waals surface area contributed by atoms with Crippen molar-refractivity contribution in [1.82, 2.24) is 0 Å². The molecule has 1 aliphatic carbocycles. The maximum atomic E-state index is 6.40. The zero-order valence-corrected chi connectivity index (χ0v) is 12.4. The Labute approximate surface area is 120 Å². The van der Waals surface area contributed by atoms with E-state index in [2.05, 4.69) is 0 Å². The number of nitrogens with two attached hydrogens (primary N) is 1. The topological polar surface area (TPSA) is 44.5 Å². The molecule has 1 aliphatic rings. The van der Waals surface area contributed by atoms with Crippen LogP contribution in [0.25, 0.3) is 0 Å². The average Bonchev–Trinajstić information content (AvgIpc) is 2.46. The van der Waals surface area contributed by atoms with E-state index in [9.17, 15) is 0 Å². The number of hydrogen-bond acceptors (Lipinski definition) is 3. The maximum absolute atomic E-state index is 6.40. The van der Waals surface area contributed by atoms with Crippen molar-refractivity contribution < 1.29 is 9.47 Å². The van der Waals surface area contributed by atoms with Crippen LogP contribution < -0.4 is 15.2 Å². The SMILES string of the molecule is COc1cc(C(N)C2CCCCC2)cc(Cl)c1OC. The van der Waals surface area contributed by atoms with Gasteiger partial charge in [0.1, 0.15) is 0 Å². The predicted molar refractivity (Wildman–Crippen MR) is 78.1 cm³/mol. The molecule has 0 heterocycles. The minimum absolute atomic E-state index is 0.0256. The summed E-state index contributed by atoms with van der Waals surface area (Å²) in [6, 6.07) is 3.88. The van der Waals surface area contributed by atoms with Gasteiger partial charge >= 0.3 is 0 Å². The van der Waals surface area contributed by atoms with E-state index in [1.807, 2.05) is 12.1 Å². The van der Waals surface area contributed by atoms with Crippen LogP contribution >= 0.6 is 11.6 Å². The van der Waals surface area contributed by atoms with E-state index in [-0.39, 0.29) is 6.04 Å². The third-order valence-corrected chi connectivity index (χ3v) is 4.28. The second-order valence-corrected chi connectivity index (χ2v) is 5.57. The molecule has 1 aromatic rings. The fourth-order valence-electron chi connectivity index (χ4n) is 2.90. The van der Waals surface area contributed by atoms with Crippen LogP contribution in [0, 0.1) is 5.92 Å². The lowest BCUT2D eigenvalue weighted by atomic mass is 9.81. The predicted octanol–water partition coefficient (Wildman–Crippen LogP) is 3.94. The zero-order chi connectivity index (χ0) is 13.8. The highest BCUT2D eigenvalue weighted by Crippen LogP contribution is 2.40. The van der Waals surface area contributed by atoms with Gasteiger partial charge in [0.15, 0.2) is 11.5 Å². The first-order valence-electron chi connectivity index (χ1n) is 6.84. The van der Waals surface area contributed by atoms with Crippen molar-refractivity contribution in [2.24, 2.45) is 11.7 Å². The zero-order valence-electron chi connectivity index (χ0n) is 11.6. The number of halogens is 1. The molecule has 0 bridgehead atoms. The van der Waals surface area contributed by atoms with Crippen molar-refractivity contribution in [3.05, 3.63) is 22.7 Å². The van der Waals surface area contributed by atoms with Crippen LogP contribution in [0.1, 0.15) is 43.7 Å². The maximum Gasteiger partial charge on any atom is 0.179 e. The number of hydrogen-bond donors (Lipinski definition) is 1. The summed E-state index contributed by atoms with van der Waals surface area (Å²) in [5.74, 6) is 1.77. The number of rotatable bonds is 4. The first-order valence-corrected chi connectivity index (χ1v) is 7.22. The minimum Gasteiger partial charge on any atom is -0.493 e. The fourth-order valence-corrected chi connectivity index (χ4v) is 3.19. The summed E-state index contributed by atoms with van der Waals surface area (Å²) in [6.07, 6.45) is 6.29. The monoisotopic (exact) mass is 283 g/mol. The Morgan fingerprint density at radius 1 is 1.16 bits per heavy atom. The van der Waals surface area contributed by atoms with Crippen molar-refractivity contribution in [3.8, 4) is 11.5 Å².